The average molecular weight is 372 g/mol. The topological polar surface area (TPSA) is 54.5 Å². The SMILES string of the molecule is CCCCSC(C)C(=O)Nc1nc(CN2CC(C)OC(C)C2)cs1. The van der Waals surface area contributed by atoms with Crippen molar-refractivity contribution < 1.29 is 9.53 Å². The summed E-state index contributed by atoms with van der Waals surface area (Å²) >= 11 is 3.21. The summed E-state index contributed by atoms with van der Waals surface area (Å²) in [4.78, 5) is 19.1. The molecule has 3 unspecified atom stereocenters. The highest BCUT2D eigenvalue weighted by Crippen LogP contribution is 2.21. The number of nitrogens with one attached hydrogen (secondary N) is 1. The molecule has 2 heterocycles. The Bertz CT molecular complexity index is 514. The third-order valence-corrected chi connectivity index (χ3v) is 5.94. The lowest BCUT2D eigenvalue weighted by Crippen LogP contribution is -2.44. The second kappa shape index (κ2) is 9.75. The fourth-order valence-corrected chi connectivity index (χ4v) is 4.49. The number of amides is 1. The molecule has 1 aliphatic rings. The van der Waals surface area contributed by atoms with E-state index in [2.05, 4.69) is 36.0 Å². The van der Waals surface area contributed by atoms with E-state index in [4.69, 9.17) is 4.74 Å². The minimum atomic E-state index is -0.0372. The van der Waals surface area contributed by atoms with Gasteiger partial charge >= 0.3 is 0 Å². The molecule has 0 aromatic carbocycles. The van der Waals surface area contributed by atoms with Gasteiger partial charge in [0.2, 0.25) is 5.91 Å². The summed E-state index contributed by atoms with van der Waals surface area (Å²) in [5, 5.41) is 5.65. The Labute approximate surface area is 153 Å². The molecule has 0 saturated carbocycles. The Morgan fingerprint density at radius 1 is 1.50 bits per heavy atom. The second-order valence-corrected chi connectivity index (χ2v) is 8.76. The van der Waals surface area contributed by atoms with E-state index in [0.29, 0.717) is 5.13 Å². The molecule has 0 spiro atoms. The number of morpholine rings is 1. The fraction of sp³-hybridized carbons (Fsp3) is 0.765. The van der Waals surface area contributed by atoms with Gasteiger partial charge in [-0.3, -0.25) is 9.69 Å². The molecule has 3 atom stereocenters. The number of thiazole rings is 1. The van der Waals surface area contributed by atoms with Crippen molar-refractivity contribution in [3.63, 3.8) is 0 Å². The van der Waals surface area contributed by atoms with E-state index < -0.39 is 0 Å². The normalized spacial score (nSPS) is 23.2. The van der Waals surface area contributed by atoms with Crippen molar-refractivity contribution in [2.75, 3.05) is 24.2 Å². The Balaban J connectivity index is 1.81. The van der Waals surface area contributed by atoms with Gasteiger partial charge in [-0.1, -0.05) is 13.3 Å². The van der Waals surface area contributed by atoms with E-state index in [1.54, 1.807) is 11.8 Å². The van der Waals surface area contributed by atoms with Crippen molar-refractivity contribution in [3.8, 4) is 0 Å². The molecule has 0 radical (unpaired) electrons. The van der Waals surface area contributed by atoms with Crippen molar-refractivity contribution in [2.24, 2.45) is 0 Å². The molecule has 5 nitrogen and oxygen atoms in total. The Kier molecular flexibility index (Phi) is 8.00. The summed E-state index contributed by atoms with van der Waals surface area (Å²) in [7, 11) is 0. The largest absolute Gasteiger partial charge is 0.373 e. The van der Waals surface area contributed by atoms with Gasteiger partial charge in [0.05, 0.1) is 23.2 Å². The fourth-order valence-electron chi connectivity index (χ4n) is 2.77. The first kappa shape index (κ1) is 19.7. The molecule has 1 aromatic heterocycles. The molecule has 1 aromatic rings. The number of unbranched alkanes of at least 4 members (excludes halogenated alkanes) is 1. The van der Waals surface area contributed by atoms with Crippen LogP contribution in [-0.4, -0.2) is 52.1 Å². The number of hydrogen-bond donors (Lipinski definition) is 1. The summed E-state index contributed by atoms with van der Waals surface area (Å²) in [5.41, 5.74) is 1.02. The number of aromatic nitrogens is 1. The van der Waals surface area contributed by atoms with Crippen LogP contribution in [0.2, 0.25) is 0 Å². The van der Waals surface area contributed by atoms with Crippen molar-refractivity contribution in [3.05, 3.63) is 11.1 Å². The summed E-state index contributed by atoms with van der Waals surface area (Å²) in [6, 6.07) is 0. The Morgan fingerprint density at radius 3 is 2.88 bits per heavy atom. The molecule has 136 valence electrons. The maximum absolute atomic E-state index is 12.2. The van der Waals surface area contributed by atoms with Gasteiger partial charge in [0.1, 0.15) is 0 Å². The summed E-state index contributed by atoms with van der Waals surface area (Å²) < 4.78 is 5.76. The number of nitrogens with zero attached hydrogens (tertiary/aromatic N) is 2. The number of hydrogen-bond acceptors (Lipinski definition) is 6. The van der Waals surface area contributed by atoms with Gasteiger partial charge in [-0.05, 0) is 32.9 Å². The highest BCUT2D eigenvalue weighted by atomic mass is 32.2. The molecule has 1 amide bonds. The molecule has 2 rings (SSSR count). The third-order valence-electron chi connectivity index (χ3n) is 3.90. The molecule has 1 aliphatic heterocycles. The average Bonchev–Trinajstić information content (AvgIpc) is 2.93. The number of carbonyl (C=O) groups excluding carboxylic acids is 1. The highest BCUT2D eigenvalue weighted by molar-refractivity contribution is 8.00. The van der Waals surface area contributed by atoms with Gasteiger partial charge in [-0.25, -0.2) is 4.98 Å². The van der Waals surface area contributed by atoms with Crippen LogP contribution in [0.3, 0.4) is 0 Å². The van der Waals surface area contributed by atoms with Gasteiger partial charge in [0, 0.05) is 25.0 Å². The predicted molar refractivity (Wildman–Crippen MR) is 103 cm³/mol. The molecule has 7 heteroatoms. The smallest absolute Gasteiger partial charge is 0.238 e. The number of rotatable bonds is 8. The standard InChI is InChI=1S/C17H29N3O2S2/c1-5-6-7-23-14(4)16(21)19-17-18-15(11-24-17)10-20-8-12(2)22-13(3)9-20/h11-14H,5-10H2,1-4H3,(H,18,19,21). The summed E-state index contributed by atoms with van der Waals surface area (Å²) in [6.07, 6.45) is 2.83. The van der Waals surface area contributed by atoms with Crippen LogP contribution in [0.1, 0.15) is 46.2 Å². The minimum absolute atomic E-state index is 0.0372. The second-order valence-electron chi connectivity index (χ2n) is 6.45. The number of thioether (sulfide) groups is 1. The lowest BCUT2D eigenvalue weighted by atomic mass is 10.2. The van der Waals surface area contributed by atoms with Crippen molar-refractivity contribution in [1.29, 1.82) is 0 Å². The predicted octanol–water partition coefficient (Wildman–Crippen LogP) is 3.61. The quantitative estimate of drug-likeness (QED) is 0.708. The molecule has 1 N–H and O–H groups in total. The first-order chi connectivity index (χ1) is 11.5. The van der Waals surface area contributed by atoms with E-state index in [9.17, 15) is 4.79 Å². The van der Waals surface area contributed by atoms with E-state index >= 15 is 0 Å². The molecule has 0 bridgehead atoms. The van der Waals surface area contributed by atoms with Gasteiger partial charge < -0.3 is 10.1 Å². The summed E-state index contributed by atoms with van der Waals surface area (Å²) in [5.74, 6) is 1.08. The van der Waals surface area contributed by atoms with Crippen LogP contribution >= 0.6 is 23.1 Å². The van der Waals surface area contributed by atoms with Crippen LogP contribution in [0.15, 0.2) is 5.38 Å². The third kappa shape index (κ3) is 6.35. The van der Waals surface area contributed by atoms with Crippen LogP contribution in [-0.2, 0) is 16.1 Å². The summed E-state index contributed by atoms with van der Waals surface area (Å²) in [6.45, 7) is 11.0. The Morgan fingerprint density at radius 2 is 2.21 bits per heavy atom. The van der Waals surface area contributed by atoms with Crippen LogP contribution in [0.5, 0.6) is 0 Å². The molecule has 24 heavy (non-hydrogen) atoms. The van der Waals surface area contributed by atoms with Crippen LogP contribution < -0.4 is 5.32 Å². The van der Waals surface area contributed by atoms with Crippen molar-refractivity contribution >= 4 is 34.1 Å². The van der Waals surface area contributed by atoms with Crippen LogP contribution in [0.25, 0.3) is 0 Å². The monoisotopic (exact) mass is 371 g/mol. The minimum Gasteiger partial charge on any atom is -0.373 e. The number of ether oxygens (including phenoxy) is 1. The zero-order chi connectivity index (χ0) is 17.5. The van der Waals surface area contributed by atoms with Gasteiger partial charge in [0.25, 0.3) is 0 Å². The lowest BCUT2D eigenvalue weighted by Gasteiger charge is -2.34. The zero-order valence-corrected chi connectivity index (χ0v) is 16.7. The van der Waals surface area contributed by atoms with Gasteiger partial charge in [-0.2, -0.15) is 0 Å². The van der Waals surface area contributed by atoms with E-state index in [1.165, 1.54) is 11.3 Å². The van der Waals surface area contributed by atoms with Gasteiger partial charge in [-0.15, -0.1) is 23.1 Å². The highest BCUT2D eigenvalue weighted by Gasteiger charge is 2.23. The maximum Gasteiger partial charge on any atom is 0.238 e. The lowest BCUT2D eigenvalue weighted by molar-refractivity contribution is -0.115. The molecule has 1 saturated heterocycles. The van der Waals surface area contributed by atoms with E-state index in [0.717, 1.165) is 43.9 Å². The molecular weight excluding hydrogens is 342 g/mol. The van der Waals surface area contributed by atoms with Crippen molar-refractivity contribution in [1.82, 2.24) is 9.88 Å². The van der Waals surface area contributed by atoms with Crippen LogP contribution in [0.4, 0.5) is 5.13 Å². The van der Waals surface area contributed by atoms with E-state index in [1.807, 2.05) is 12.3 Å². The Hall–Kier alpha value is -0.630. The maximum atomic E-state index is 12.2. The molecule has 0 aliphatic carbocycles. The molecule has 1 fully saturated rings. The number of anilines is 1. The first-order valence-corrected chi connectivity index (χ1v) is 10.7. The number of carbonyl (C=O) groups is 1. The van der Waals surface area contributed by atoms with Crippen LogP contribution in [0, 0.1) is 0 Å². The zero-order valence-electron chi connectivity index (χ0n) is 15.1. The van der Waals surface area contributed by atoms with Crippen molar-refractivity contribution in [2.45, 2.75) is 64.5 Å². The molecular formula is C17H29N3O2S2. The first-order valence-electron chi connectivity index (χ1n) is 8.72. The van der Waals surface area contributed by atoms with E-state index in [-0.39, 0.29) is 23.4 Å². The van der Waals surface area contributed by atoms with Gasteiger partial charge in [0.15, 0.2) is 5.13 Å².